The van der Waals surface area contributed by atoms with Gasteiger partial charge in [0.2, 0.25) is 0 Å². The first-order valence-electron chi connectivity index (χ1n) is 6.19. The Labute approximate surface area is 98.0 Å². The first-order valence-corrected chi connectivity index (χ1v) is 6.19. The van der Waals surface area contributed by atoms with Crippen LogP contribution in [0.2, 0.25) is 0 Å². The Morgan fingerprint density at radius 2 is 2.12 bits per heavy atom. The topological polar surface area (TPSA) is 21.3 Å². The number of ether oxygens (including phenoxy) is 1. The molecule has 1 aromatic rings. The molecule has 0 spiro atoms. The molecule has 0 amide bonds. The van der Waals surface area contributed by atoms with Gasteiger partial charge in [-0.1, -0.05) is 24.3 Å². The summed E-state index contributed by atoms with van der Waals surface area (Å²) in [6.07, 6.45) is 4.78. The van der Waals surface area contributed by atoms with Gasteiger partial charge in [0.25, 0.3) is 0 Å². The Balaban J connectivity index is 1.79. The molecule has 0 aliphatic heterocycles. The number of fused-ring (bicyclic) bond motifs is 1. The first kappa shape index (κ1) is 11.6. The molecule has 88 valence electrons. The van der Waals surface area contributed by atoms with Gasteiger partial charge in [0, 0.05) is 19.8 Å². The predicted octanol–water partition coefficient (Wildman–Crippen LogP) is 2.17. The zero-order chi connectivity index (χ0) is 11.2. The van der Waals surface area contributed by atoms with Crippen LogP contribution in [0.5, 0.6) is 0 Å². The second-order valence-corrected chi connectivity index (χ2v) is 4.51. The Bertz CT molecular complexity index is 324. The molecule has 0 unspecified atom stereocenters. The zero-order valence-corrected chi connectivity index (χ0v) is 10.0. The van der Waals surface area contributed by atoms with Crippen molar-refractivity contribution in [3.05, 3.63) is 35.4 Å². The number of hydrogen-bond acceptors (Lipinski definition) is 2. The van der Waals surface area contributed by atoms with Crippen molar-refractivity contribution in [3.8, 4) is 0 Å². The molecule has 1 N–H and O–H groups in total. The second kappa shape index (κ2) is 6.02. The Morgan fingerprint density at radius 1 is 1.31 bits per heavy atom. The van der Waals surface area contributed by atoms with Crippen LogP contribution in [0.1, 0.15) is 24.0 Å². The molecule has 0 aromatic heterocycles. The van der Waals surface area contributed by atoms with Crippen LogP contribution >= 0.6 is 0 Å². The van der Waals surface area contributed by atoms with Crippen LogP contribution in [-0.4, -0.2) is 26.3 Å². The van der Waals surface area contributed by atoms with Crippen molar-refractivity contribution in [3.63, 3.8) is 0 Å². The van der Waals surface area contributed by atoms with Crippen molar-refractivity contribution < 1.29 is 4.74 Å². The average molecular weight is 219 g/mol. The molecule has 0 fully saturated rings. The SMILES string of the molecule is COCCCN[C@@H]1CCc2ccccc2C1. The van der Waals surface area contributed by atoms with Crippen molar-refractivity contribution in [2.75, 3.05) is 20.3 Å². The summed E-state index contributed by atoms with van der Waals surface area (Å²) in [4.78, 5) is 0. The highest BCUT2D eigenvalue weighted by atomic mass is 16.5. The molecule has 1 aliphatic rings. The van der Waals surface area contributed by atoms with E-state index < -0.39 is 0 Å². The van der Waals surface area contributed by atoms with Crippen LogP contribution in [0.4, 0.5) is 0 Å². The van der Waals surface area contributed by atoms with Crippen molar-refractivity contribution in [2.45, 2.75) is 31.7 Å². The largest absolute Gasteiger partial charge is 0.385 e. The molecule has 1 aromatic carbocycles. The van der Waals surface area contributed by atoms with Crippen LogP contribution < -0.4 is 5.32 Å². The minimum atomic E-state index is 0.659. The Morgan fingerprint density at radius 3 is 2.94 bits per heavy atom. The molecular formula is C14H21NO. The van der Waals surface area contributed by atoms with Gasteiger partial charge in [-0.3, -0.25) is 0 Å². The molecular weight excluding hydrogens is 198 g/mol. The van der Waals surface area contributed by atoms with Gasteiger partial charge < -0.3 is 10.1 Å². The lowest BCUT2D eigenvalue weighted by Crippen LogP contribution is -2.35. The van der Waals surface area contributed by atoms with Gasteiger partial charge in [0.05, 0.1) is 0 Å². The summed E-state index contributed by atoms with van der Waals surface area (Å²) in [5, 5.41) is 3.62. The van der Waals surface area contributed by atoms with E-state index in [1.165, 1.54) is 30.4 Å². The third kappa shape index (κ3) is 3.06. The highest BCUT2D eigenvalue weighted by Gasteiger charge is 2.16. The molecule has 0 heterocycles. The van der Waals surface area contributed by atoms with E-state index >= 15 is 0 Å². The quantitative estimate of drug-likeness (QED) is 0.766. The molecule has 0 saturated heterocycles. The third-order valence-electron chi connectivity index (χ3n) is 3.31. The number of nitrogens with one attached hydrogen (secondary N) is 1. The Kier molecular flexibility index (Phi) is 4.37. The molecule has 2 rings (SSSR count). The summed E-state index contributed by atoms with van der Waals surface area (Å²) in [5.41, 5.74) is 3.07. The van der Waals surface area contributed by atoms with E-state index in [1.54, 1.807) is 7.11 Å². The van der Waals surface area contributed by atoms with E-state index in [4.69, 9.17) is 4.74 Å². The van der Waals surface area contributed by atoms with E-state index in [2.05, 4.69) is 29.6 Å². The summed E-state index contributed by atoms with van der Waals surface area (Å²) in [5.74, 6) is 0. The fraction of sp³-hybridized carbons (Fsp3) is 0.571. The number of hydrogen-bond donors (Lipinski definition) is 1. The highest BCUT2D eigenvalue weighted by molar-refractivity contribution is 5.30. The molecule has 1 atom stereocenters. The van der Waals surface area contributed by atoms with E-state index in [0.717, 1.165) is 19.6 Å². The predicted molar refractivity (Wildman–Crippen MR) is 66.8 cm³/mol. The summed E-state index contributed by atoms with van der Waals surface area (Å²) >= 11 is 0. The molecule has 1 aliphatic carbocycles. The lowest BCUT2D eigenvalue weighted by Gasteiger charge is -2.25. The normalized spacial score (nSPS) is 19.4. The number of methoxy groups -OCH3 is 1. The van der Waals surface area contributed by atoms with Crippen LogP contribution in [0.25, 0.3) is 0 Å². The van der Waals surface area contributed by atoms with E-state index in [0.29, 0.717) is 6.04 Å². The minimum absolute atomic E-state index is 0.659. The summed E-state index contributed by atoms with van der Waals surface area (Å²) < 4.78 is 5.05. The van der Waals surface area contributed by atoms with E-state index in [1.807, 2.05) is 0 Å². The van der Waals surface area contributed by atoms with Crippen LogP contribution in [-0.2, 0) is 17.6 Å². The van der Waals surface area contributed by atoms with E-state index in [9.17, 15) is 0 Å². The van der Waals surface area contributed by atoms with Crippen LogP contribution in [0.15, 0.2) is 24.3 Å². The van der Waals surface area contributed by atoms with Gasteiger partial charge in [0.15, 0.2) is 0 Å². The average Bonchev–Trinajstić information content (AvgIpc) is 2.34. The Hall–Kier alpha value is -0.860. The van der Waals surface area contributed by atoms with Crippen LogP contribution in [0, 0.1) is 0 Å². The van der Waals surface area contributed by atoms with Gasteiger partial charge in [0.1, 0.15) is 0 Å². The van der Waals surface area contributed by atoms with Crippen molar-refractivity contribution in [2.24, 2.45) is 0 Å². The summed E-state index contributed by atoms with van der Waals surface area (Å²) in [6, 6.07) is 9.47. The smallest absolute Gasteiger partial charge is 0.0474 e. The number of rotatable bonds is 5. The van der Waals surface area contributed by atoms with Crippen LogP contribution in [0.3, 0.4) is 0 Å². The molecule has 2 heteroatoms. The van der Waals surface area contributed by atoms with Gasteiger partial charge in [-0.05, 0) is 43.4 Å². The van der Waals surface area contributed by atoms with Crippen molar-refractivity contribution in [1.29, 1.82) is 0 Å². The maximum absolute atomic E-state index is 5.05. The fourth-order valence-electron chi connectivity index (χ4n) is 2.39. The van der Waals surface area contributed by atoms with Crippen molar-refractivity contribution >= 4 is 0 Å². The van der Waals surface area contributed by atoms with E-state index in [-0.39, 0.29) is 0 Å². The summed E-state index contributed by atoms with van der Waals surface area (Å²) in [7, 11) is 1.76. The fourth-order valence-corrected chi connectivity index (χ4v) is 2.39. The molecule has 0 bridgehead atoms. The molecule has 2 nitrogen and oxygen atoms in total. The van der Waals surface area contributed by atoms with Gasteiger partial charge in [-0.25, -0.2) is 0 Å². The maximum Gasteiger partial charge on any atom is 0.0474 e. The maximum atomic E-state index is 5.05. The number of aryl methyl sites for hydroxylation is 1. The van der Waals surface area contributed by atoms with Gasteiger partial charge in [-0.15, -0.1) is 0 Å². The molecule has 0 saturated carbocycles. The molecule has 0 radical (unpaired) electrons. The third-order valence-corrected chi connectivity index (χ3v) is 3.31. The van der Waals surface area contributed by atoms with Gasteiger partial charge >= 0.3 is 0 Å². The van der Waals surface area contributed by atoms with Gasteiger partial charge in [-0.2, -0.15) is 0 Å². The monoisotopic (exact) mass is 219 g/mol. The minimum Gasteiger partial charge on any atom is -0.385 e. The first-order chi connectivity index (χ1) is 7.90. The highest BCUT2D eigenvalue weighted by Crippen LogP contribution is 2.20. The standard InChI is InChI=1S/C14H21NO/c1-16-10-4-9-15-14-8-7-12-5-2-3-6-13(12)11-14/h2-3,5-6,14-15H,4,7-11H2,1H3/t14-/m1/s1. The number of benzene rings is 1. The summed E-state index contributed by atoms with van der Waals surface area (Å²) in [6.45, 7) is 1.93. The second-order valence-electron chi connectivity index (χ2n) is 4.51. The van der Waals surface area contributed by atoms with Crippen molar-refractivity contribution in [1.82, 2.24) is 5.32 Å². The molecule has 16 heavy (non-hydrogen) atoms. The lowest BCUT2D eigenvalue weighted by molar-refractivity contribution is 0.192. The zero-order valence-electron chi connectivity index (χ0n) is 10.0. The lowest BCUT2D eigenvalue weighted by atomic mass is 9.88.